The normalized spacial score (nSPS) is 16.2. The molecule has 25 heavy (non-hydrogen) atoms. The van der Waals surface area contributed by atoms with Gasteiger partial charge in [0, 0.05) is 19.0 Å². The number of rotatable bonds is 2. The van der Waals surface area contributed by atoms with Gasteiger partial charge in [0.05, 0.1) is 11.1 Å². The molecule has 3 rings (SSSR count). The van der Waals surface area contributed by atoms with Gasteiger partial charge in [0.15, 0.2) is 0 Å². The summed E-state index contributed by atoms with van der Waals surface area (Å²) in [6.07, 6.45) is 1.24. The molecule has 0 bridgehead atoms. The number of likely N-dealkylation sites (tertiary alicyclic amines) is 1. The lowest BCUT2D eigenvalue weighted by molar-refractivity contribution is 0.0203. The Bertz CT molecular complexity index is 798. The zero-order chi connectivity index (χ0) is 18.2. The van der Waals surface area contributed by atoms with Gasteiger partial charge in [-0.3, -0.25) is 0 Å². The fraction of sp³-hybridized carbons (Fsp3) is 0.500. The Balaban J connectivity index is 1.71. The molecule has 0 aliphatic carbocycles. The summed E-state index contributed by atoms with van der Waals surface area (Å²) in [6.45, 7) is 6.76. The third-order valence-electron chi connectivity index (χ3n) is 4.29. The summed E-state index contributed by atoms with van der Waals surface area (Å²) in [7, 11) is 0. The largest absolute Gasteiger partial charge is 0.478 e. The van der Waals surface area contributed by atoms with Gasteiger partial charge in [-0.1, -0.05) is 6.07 Å². The fourth-order valence-electron chi connectivity index (χ4n) is 3.08. The molecule has 1 aromatic heterocycles. The van der Waals surface area contributed by atoms with E-state index >= 15 is 0 Å². The number of imidazole rings is 1. The number of amides is 1. The van der Waals surface area contributed by atoms with Gasteiger partial charge in [0.1, 0.15) is 16.9 Å². The number of aromatic carboxylic acids is 1. The van der Waals surface area contributed by atoms with Crippen LogP contribution in [0.1, 0.15) is 55.7 Å². The minimum absolute atomic E-state index is 0.174. The van der Waals surface area contributed by atoms with Crippen LogP contribution in [0.2, 0.25) is 0 Å². The van der Waals surface area contributed by atoms with Crippen LogP contribution < -0.4 is 0 Å². The van der Waals surface area contributed by atoms with Gasteiger partial charge in [-0.25, -0.2) is 14.6 Å². The predicted octanol–water partition coefficient (Wildman–Crippen LogP) is 3.38. The lowest BCUT2D eigenvalue weighted by atomic mass is 9.96. The maximum Gasteiger partial charge on any atom is 0.410 e. The quantitative estimate of drug-likeness (QED) is 0.870. The molecule has 1 amide bonds. The van der Waals surface area contributed by atoms with E-state index in [1.165, 1.54) is 0 Å². The number of para-hydroxylation sites is 1. The van der Waals surface area contributed by atoms with Gasteiger partial charge >= 0.3 is 12.1 Å². The number of carbonyl (C=O) groups excluding carboxylic acids is 1. The van der Waals surface area contributed by atoms with Crippen molar-refractivity contribution in [3.63, 3.8) is 0 Å². The maximum absolute atomic E-state index is 12.1. The molecule has 1 fully saturated rings. The molecule has 0 unspecified atom stereocenters. The topological polar surface area (TPSA) is 95.5 Å². The molecule has 0 saturated carbocycles. The average Bonchev–Trinajstić information content (AvgIpc) is 2.97. The Kier molecular flexibility index (Phi) is 4.41. The van der Waals surface area contributed by atoms with E-state index in [1.54, 1.807) is 17.0 Å². The zero-order valence-corrected chi connectivity index (χ0v) is 14.7. The summed E-state index contributed by atoms with van der Waals surface area (Å²) in [4.78, 5) is 32.9. The van der Waals surface area contributed by atoms with Crippen molar-refractivity contribution in [1.82, 2.24) is 14.9 Å². The van der Waals surface area contributed by atoms with Crippen molar-refractivity contribution in [3.8, 4) is 0 Å². The van der Waals surface area contributed by atoms with Gasteiger partial charge in [-0.05, 0) is 45.7 Å². The van der Waals surface area contributed by atoms with E-state index in [0.717, 1.165) is 24.2 Å². The number of hydrogen-bond donors (Lipinski definition) is 2. The van der Waals surface area contributed by atoms with Crippen molar-refractivity contribution < 1.29 is 19.4 Å². The lowest BCUT2D eigenvalue weighted by Gasteiger charge is -2.32. The summed E-state index contributed by atoms with van der Waals surface area (Å²) in [5.74, 6) is -0.0244. The van der Waals surface area contributed by atoms with Crippen molar-refractivity contribution in [3.05, 3.63) is 29.6 Å². The Morgan fingerprint density at radius 1 is 1.28 bits per heavy atom. The summed E-state index contributed by atoms with van der Waals surface area (Å²) < 4.78 is 5.41. The van der Waals surface area contributed by atoms with Crippen LogP contribution in [0.4, 0.5) is 4.79 Å². The number of H-pyrrole nitrogens is 1. The number of hydrogen-bond acceptors (Lipinski definition) is 4. The highest BCUT2D eigenvalue weighted by Gasteiger charge is 2.29. The van der Waals surface area contributed by atoms with E-state index in [4.69, 9.17) is 4.74 Å². The van der Waals surface area contributed by atoms with Gasteiger partial charge in [-0.2, -0.15) is 0 Å². The number of fused-ring (bicyclic) bond motifs is 1. The van der Waals surface area contributed by atoms with Gasteiger partial charge in [-0.15, -0.1) is 0 Å². The first-order valence-electron chi connectivity index (χ1n) is 8.44. The van der Waals surface area contributed by atoms with Crippen LogP contribution in [0.15, 0.2) is 18.2 Å². The molecule has 7 nitrogen and oxygen atoms in total. The van der Waals surface area contributed by atoms with Crippen molar-refractivity contribution in [2.75, 3.05) is 13.1 Å². The summed E-state index contributed by atoms with van der Waals surface area (Å²) in [5, 5.41) is 9.28. The molecule has 0 atom stereocenters. The first-order valence-corrected chi connectivity index (χ1v) is 8.44. The molecule has 0 radical (unpaired) electrons. The number of nitrogens with one attached hydrogen (secondary N) is 1. The highest BCUT2D eigenvalue weighted by molar-refractivity contribution is 6.00. The van der Waals surface area contributed by atoms with Crippen molar-refractivity contribution in [1.29, 1.82) is 0 Å². The van der Waals surface area contributed by atoms with Crippen molar-refractivity contribution >= 4 is 23.1 Å². The molecule has 7 heteroatoms. The monoisotopic (exact) mass is 345 g/mol. The standard InChI is InChI=1S/C18H23N3O4/c1-18(2,3)25-17(24)21-9-7-11(8-10-21)15-19-13-6-4-5-12(16(22)23)14(13)20-15/h4-6,11H,7-10H2,1-3H3,(H,19,20)(H,22,23). The van der Waals surface area contributed by atoms with Crippen LogP contribution in [-0.4, -0.2) is 50.7 Å². The molecule has 1 aliphatic heterocycles. The van der Waals surface area contributed by atoms with Crippen LogP contribution in [0.3, 0.4) is 0 Å². The zero-order valence-electron chi connectivity index (χ0n) is 14.7. The molecule has 1 saturated heterocycles. The SMILES string of the molecule is CC(C)(C)OC(=O)N1CCC(c2nc3c(C(=O)O)cccc3[nH]2)CC1. The number of nitrogens with zero attached hydrogens (tertiary/aromatic N) is 2. The molecule has 2 aromatic rings. The lowest BCUT2D eigenvalue weighted by Crippen LogP contribution is -2.41. The van der Waals surface area contributed by atoms with E-state index in [2.05, 4.69) is 9.97 Å². The molecular weight excluding hydrogens is 322 g/mol. The average molecular weight is 345 g/mol. The maximum atomic E-state index is 12.1. The Morgan fingerprint density at radius 2 is 1.96 bits per heavy atom. The van der Waals surface area contributed by atoms with E-state index in [0.29, 0.717) is 18.6 Å². The van der Waals surface area contributed by atoms with Gasteiger partial charge in [0.2, 0.25) is 0 Å². The molecule has 134 valence electrons. The molecule has 1 aliphatic rings. The van der Waals surface area contributed by atoms with Gasteiger partial charge in [0.25, 0.3) is 0 Å². The Hall–Kier alpha value is -2.57. The minimum Gasteiger partial charge on any atom is -0.478 e. The predicted molar refractivity (Wildman–Crippen MR) is 92.8 cm³/mol. The number of carboxylic acids is 1. The number of benzene rings is 1. The second kappa shape index (κ2) is 6.38. The molecule has 0 spiro atoms. The van der Waals surface area contributed by atoms with Crippen LogP contribution in [0.5, 0.6) is 0 Å². The molecule has 1 aromatic carbocycles. The van der Waals surface area contributed by atoms with Gasteiger partial charge < -0.3 is 19.7 Å². The summed E-state index contributed by atoms with van der Waals surface area (Å²) in [6, 6.07) is 5.09. The summed E-state index contributed by atoms with van der Waals surface area (Å²) in [5.41, 5.74) is 0.912. The van der Waals surface area contributed by atoms with Crippen LogP contribution in [0.25, 0.3) is 11.0 Å². The summed E-state index contributed by atoms with van der Waals surface area (Å²) >= 11 is 0. The Labute approximate surface area is 146 Å². The molecular formula is C18H23N3O4. The van der Waals surface area contributed by atoms with E-state index < -0.39 is 11.6 Å². The second-order valence-electron chi connectivity index (χ2n) is 7.37. The van der Waals surface area contributed by atoms with Crippen molar-refractivity contribution in [2.24, 2.45) is 0 Å². The highest BCUT2D eigenvalue weighted by Crippen LogP contribution is 2.29. The number of piperidine rings is 1. The second-order valence-corrected chi connectivity index (χ2v) is 7.37. The third kappa shape index (κ3) is 3.75. The Morgan fingerprint density at radius 3 is 2.56 bits per heavy atom. The first-order chi connectivity index (χ1) is 11.7. The highest BCUT2D eigenvalue weighted by atomic mass is 16.6. The van der Waals surface area contributed by atoms with Crippen LogP contribution in [-0.2, 0) is 4.74 Å². The van der Waals surface area contributed by atoms with Crippen molar-refractivity contribution in [2.45, 2.75) is 45.1 Å². The fourth-order valence-corrected chi connectivity index (χ4v) is 3.08. The molecule has 2 N–H and O–H groups in total. The number of aromatic amines is 1. The van der Waals surface area contributed by atoms with Crippen LogP contribution in [0, 0.1) is 0 Å². The minimum atomic E-state index is -0.983. The van der Waals surface area contributed by atoms with E-state index in [-0.39, 0.29) is 17.6 Å². The number of carbonyl (C=O) groups is 2. The van der Waals surface area contributed by atoms with Crippen LogP contribution >= 0.6 is 0 Å². The number of ether oxygens (including phenoxy) is 1. The molecule has 2 heterocycles. The third-order valence-corrected chi connectivity index (χ3v) is 4.29. The van der Waals surface area contributed by atoms with E-state index in [9.17, 15) is 14.7 Å². The smallest absolute Gasteiger partial charge is 0.410 e. The number of aromatic nitrogens is 2. The first kappa shape index (κ1) is 17.3. The number of carboxylic acid groups (broad SMARTS) is 1. The van der Waals surface area contributed by atoms with E-state index in [1.807, 2.05) is 26.8 Å².